The Bertz CT molecular complexity index is 836. The van der Waals surface area contributed by atoms with Crippen LogP contribution in [0.25, 0.3) is 10.9 Å². The van der Waals surface area contributed by atoms with Gasteiger partial charge in [0.05, 0.1) is 12.7 Å². The molecule has 0 fully saturated rings. The van der Waals surface area contributed by atoms with Gasteiger partial charge in [-0.05, 0) is 37.3 Å². The van der Waals surface area contributed by atoms with Crippen molar-refractivity contribution in [3.05, 3.63) is 65.1 Å². The molecule has 3 aromatic rings. The van der Waals surface area contributed by atoms with Crippen molar-refractivity contribution in [3.8, 4) is 5.75 Å². The van der Waals surface area contributed by atoms with E-state index in [0.29, 0.717) is 27.8 Å². The van der Waals surface area contributed by atoms with Crippen LogP contribution in [0.1, 0.15) is 21.5 Å². The van der Waals surface area contributed by atoms with Crippen molar-refractivity contribution < 1.29 is 13.9 Å². The molecule has 21 heavy (non-hydrogen) atoms. The molecule has 0 saturated heterocycles. The molecule has 0 aliphatic rings. The van der Waals surface area contributed by atoms with Crippen LogP contribution in [0.5, 0.6) is 5.75 Å². The van der Waals surface area contributed by atoms with Gasteiger partial charge in [-0.1, -0.05) is 11.6 Å². The van der Waals surface area contributed by atoms with Crippen molar-refractivity contribution in [2.45, 2.75) is 6.92 Å². The predicted molar refractivity (Wildman–Crippen MR) is 79.4 cm³/mol. The molecule has 4 heteroatoms. The average Bonchev–Trinajstić information content (AvgIpc) is 2.89. The van der Waals surface area contributed by atoms with Crippen molar-refractivity contribution in [2.24, 2.45) is 0 Å². The van der Waals surface area contributed by atoms with E-state index < -0.39 is 0 Å². The molecule has 0 unspecified atom stereocenters. The molecule has 0 spiro atoms. The first-order valence-electron chi connectivity index (χ1n) is 6.56. The van der Waals surface area contributed by atoms with Crippen LogP contribution in [-0.4, -0.2) is 17.9 Å². The van der Waals surface area contributed by atoms with Gasteiger partial charge in [-0.15, -0.1) is 0 Å². The molecule has 1 heterocycles. The van der Waals surface area contributed by atoms with Crippen LogP contribution in [0.3, 0.4) is 0 Å². The molecule has 0 amide bonds. The largest absolute Gasteiger partial charge is 0.496 e. The number of ether oxygens (including phenoxy) is 1. The Morgan fingerprint density at radius 3 is 2.71 bits per heavy atom. The van der Waals surface area contributed by atoms with Gasteiger partial charge in [0.15, 0.2) is 5.78 Å². The minimum absolute atomic E-state index is 0.145. The number of aromatic amines is 1. The molecule has 1 aromatic heterocycles. The minimum Gasteiger partial charge on any atom is -0.496 e. The maximum Gasteiger partial charge on any atom is 0.198 e. The molecule has 0 aliphatic heterocycles. The number of aromatic nitrogens is 1. The first kappa shape index (κ1) is 13.4. The van der Waals surface area contributed by atoms with Crippen LogP contribution in [0.2, 0.25) is 0 Å². The molecular weight excluding hydrogens is 269 g/mol. The summed E-state index contributed by atoms with van der Waals surface area (Å²) in [6.45, 7) is 1.92. The normalized spacial score (nSPS) is 10.8. The number of benzene rings is 2. The van der Waals surface area contributed by atoms with Crippen molar-refractivity contribution in [1.82, 2.24) is 4.98 Å². The van der Waals surface area contributed by atoms with E-state index in [2.05, 4.69) is 4.98 Å². The summed E-state index contributed by atoms with van der Waals surface area (Å²) in [5.41, 5.74) is 2.59. The number of rotatable bonds is 3. The Morgan fingerprint density at radius 1 is 1.14 bits per heavy atom. The molecule has 106 valence electrons. The fourth-order valence-electron chi connectivity index (χ4n) is 2.43. The van der Waals surface area contributed by atoms with Gasteiger partial charge < -0.3 is 9.72 Å². The van der Waals surface area contributed by atoms with Crippen LogP contribution in [0.4, 0.5) is 4.39 Å². The third-order valence-corrected chi connectivity index (χ3v) is 3.49. The molecule has 0 radical (unpaired) electrons. The second-order valence-electron chi connectivity index (χ2n) is 4.93. The lowest BCUT2D eigenvalue weighted by atomic mass is 10.00. The first-order valence-corrected chi connectivity index (χ1v) is 6.56. The molecule has 0 atom stereocenters. The summed E-state index contributed by atoms with van der Waals surface area (Å²) < 4.78 is 18.5. The van der Waals surface area contributed by atoms with E-state index in [9.17, 15) is 9.18 Å². The summed E-state index contributed by atoms with van der Waals surface area (Å²) in [6, 6.07) is 9.79. The molecule has 3 nitrogen and oxygen atoms in total. The van der Waals surface area contributed by atoms with E-state index >= 15 is 0 Å². The number of H-pyrrole nitrogens is 1. The highest BCUT2D eigenvalue weighted by Crippen LogP contribution is 2.27. The molecular formula is C17H14FNO2. The molecule has 0 bridgehead atoms. The van der Waals surface area contributed by atoms with Crippen LogP contribution in [0, 0.1) is 12.7 Å². The SMILES string of the molecule is COc1ccc(C)cc1C(=O)c1c[nH]c2cc(F)ccc12. The van der Waals surface area contributed by atoms with Gasteiger partial charge in [0.1, 0.15) is 11.6 Å². The number of nitrogens with one attached hydrogen (secondary N) is 1. The molecule has 0 saturated carbocycles. The number of ketones is 1. The summed E-state index contributed by atoms with van der Waals surface area (Å²) in [7, 11) is 1.53. The van der Waals surface area contributed by atoms with Crippen molar-refractivity contribution in [2.75, 3.05) is 7.11 Å². The van der Waals surface area contributed by atoms with Crippen LogP contribution >= 0.6 is 0 Å². The Kier molecular flexibility index (Phi) is 3.22. The Labute approximate surface area is 121 Å². The lowest BCUT2D eigenvalue weighted by Crippen LogP contribution is -2.04. The van der Waals surface area contributed by atoms with Gasteiger partial charge in [-0.3, -0.25) is 4.79 Å². The zero-order chi connectivity index (χ0) is 15.0. The number of aryl methyl sites for hydroxylation is 1. The number of hydrogen-bond acceptors (Lipinski definition) is 2. The lowest BCUT2D eigenvalue weighted by Gasteiger charge is -2.08. The van der Waals surface area contributed by atoms with Crippen molar-refractivity contribution in [3.63, 3.8) is 0 Å². The van der Waals surface area contributed by atoms with Gasteiger partial charge in [0, 0.05) is 22.7 Å². The Morgan fingerprint density at radius 2 is 1.95 bits per heavy atom. The van der Waals surface area contributed by atoms with Crippen LogP contribution in [0.15, 0.2) is 42.6 Å². The fraction of sp³-hybridized carbons (Fsp3) is 0.118. The third kappa shape index (κ3) is 2.29. The maximum atomic E-state index is 13.2. The molecule has 2 aromatic carbocycles. The topological polar surface area (TPSA) is 42.1 Å². The summed E-state index contributed by atoms with van der Waals surface area (Å²) in [6.07, 6.45) is 1.61. The zero-order valence-corrected chi connectivity index (χ0v) is 11.7. The van der Waals surface area contributed by atoms with Crippen molar-refractivity contribution >= 4 is 16.7 Å². The number of fused-ring (bicyclic) bond motifs is 1. The quantitative estimate of drug-likeness (QED) is 0.742. The molecule has 0 aliphatic carbocycles. The number of carbonyl (C=O) groups is 1. The Balaban J connectivity index is 2.15. The highest BCUT2D eigenvalue weighted by Gasteiger charge is 2.18. The molecule has 3 rings (SSSR count). The zero-order valence-electron chi connectivity index (χ0n) is 11.7. The van der Waals surface area contributed by atoms with Crippen LogP contribution in [-0.2, 0) is 0 Å². The van der Waals surface area contributed by atoms with Crippen molar-refractivity contribution in [1.29, 1.82) is 0 Å². The van der Waals surface area contributed by atoms with E-state index in [4.69, 9.17) is 4.74 Å². The highest BCUT2D eigenvalue weighted by atomic mass is 19.1. The van der Waals surface area contributed by atoms with Gasteiger partial charge in [0.25, 0.3) is 0 Å². The smallest absolute Gasteiger partial charge is 0.198 e. The maximum absolute atomic E-state index is 13.2. The predicted octanol–water partition coefficient (Wildman–Crippen LogP) is 3.86. The summed E-state index contributed by atoms with van der Waals surface area (Å²) in [4.78, 5) is 15.7. The summed E-state index contributed by atoms with van der Waals surface area (Å²) >= 11 is 0. The second kappa shape index (κ2) is 5.05. The number of carbonyl (C=O) groups excluding carboxylic acids is 1. The monoisotopic (exact) mass is 283 g/mol. The van der Waals surface area contributed by atoms with E-state index in [1.807, 2.05) is 13.0 Å². The number of halogens is 1. The molecule has 1 N–H and O–H groups in total. The van der Waals surface area contributed by atoms with Crippen LogP contribution < -0.4 is 4.74 Å². The van der Waals surface area contributed by atoms with Gasteiger partial charge in [-0.25, -0.2) is 4.39 Å². The van der Waals surface area contributed by atoms with Gasteiger partial charge >= 0.3 is 0 Å². The minimum atomic E-state index is -0.337. The summed E-state index contributed by atoms with van der Waals surface area (Å²) in [5, 5.41) is 0.699. The van der Waals surface area contributed by atoms with Gasteiger partial charge in [-0.2, -0.15) is 0 Å². The highest BCUT2D eigenvalue weighted by molar-refractivity contribution is 6.17. The summed E-state index contributed by atoms with van der Waals surface area (Å²) in [5.74, 6) is 0.0481. The third-order valence-electron chi connectivity index (χ3n) is 3.49. The fourth-order valence-corrected chi connectivity index (χ4v) is 2.43. The van der Waals surface area contributed by atoms with E-state index in [1.54, 1.807) is 24.4 Å². The first-order chi connectivity index (χ1) is 10.1. The number of hydrogen-bond donors (Lipinski definition) is 1. The number of methoxy groups -OCH3 is 1. The van der Waals surface area contributed by atoms with E-state index in [1.165, 1.54) is 19.2 Å². The van der Waals surface area contributed by atoms with Gasteiger partial charge in [0.2, 0.25) is 0 Å². The van der Waals surface area contributed by atoms with E-state index in [-0.39, 0.29) is 11.6 Å². The van der Waals surface area contributed by atoms with E-state index in [0.717, 1.165) is 5.56 Å². The standard InChI is InChI=1S/C17H14FNO2/c1-10-3-6-16(21-2)13(7-10)17(20)14-9-19-15-8-11(18)4-5-12(14)15/h3-9,19H,1-2H3. The Hall–Kier alpha value is -2.62. The average molecular weight is 283 g/mol. The second-order valence-corrected chi connectivity index (χ2v) is 4.93. The lowest BCUT2D eigenvalue weighted by molar-refractivity contribution is 0.103.